The molecular formula is C24H24BrClN2O3S. The van der Waals surface area contributed by atoms with Gasteiger partial charge in [-0.15, -0.1) is 0 Å². The largest absolute Gasteiger partial charge is 0.324 e. The molecule has 0 unspecified atom stereocenters. The molecule has 0 heterocycles. The van der Waals surface area contributed by atoms with Gasteiger partial charge in [-0.25, -0.2) is 8.42 Å². The zero-order valence-corrected chi connectivity index (χ0v) is 21.0. The number of para-hydroxylation sites is 1. The first-order chi connectivity index (χ1) is 15.2. The molecule has 0 atom stereocenters. The molecule has 0 aliphatic rings. The summed E-state index contributed by atoms with van der Waals surface area (Å²) in [6.07, 6.45) is 0.748. The zero-order valence-electron chi connectivity index (χ0n) is 17.8. The number of amides is 1. The van der Waals surface area contributed by atoms with E-state index in [1.807, 2.05) is 32.0 Å². The average molecular weight is 536 g/mol. The second-order valence-corrected chi connectivity index (χ2v) is 10.6. The zero-order chi connectivity index (χ0) is 23.3. The van der Waals surface area contributed by atoms with Gasteiger partial charge in [-0.3, -0.25) is 4.79 Å². The fraction of sp³-hybridized carbons (Fsp3) is 0.208. The lowest BCUT2D eigenvalue weighted by atomic mass is 10.1. The van der Waals surface area contributed by atoms with Crippen LogP contribution in [0.4, 0.5) is 5.69 Å². The van der Waals surface area contributed by atoms with Crippen LogP contribution in [0, 0.1) is 6.92 Å². The lowest BCUT2D eigenvalue weighted by Gasteiger charge is -2.23. The minimum atomic E-state index is -3.95. The quantitative estimate of drug-likeness (QED) is 0.396. The number of sulfonamides is 1. The van der Waals surface area contributed by atoms with Gasteiger partial charge >= 0.3 is 0 Å². The van der Waals surface area contributed by atoms with E-state index in [9.17, 15) is 13.2 Å². The maximum absolute atomic E-state index is 13.4. The third kappa shape index (κ3) is 5.78. The summed E-state index contributed by atoms with van der Waals surface area (Å²) in [5, 5.41) is 3.35. The highest BCUT2D eigenvalue weighted by molar-refractivity contribution is 9.10. The molecule has 0 saturated heterocycles. The van der Waals surface area contributed by atoms with Gasteiger partial charge in [0.1, 0.15) is 0 Å². The van der Waals surface area contributed by atoms with Crippen molar-refractivity contribution in [2.24, 2.45) is 0 Å². The van der Waals surface area contributed by atoms with Gasteiger partial charge in [-0.1, -0.05) is 70.9 Å². The summed E-state index contributed by atoms with van der Waals surface area (Å²) in [4.78, 5) is 13.1. The smallest absolute Gasteiger partial charge is 0.243 e. The Hall–Kier alpha value is -2.19. The Morgan fingerprint density at radius 1 is 1.00 bits per heavy atom. The third-order valence-electron chi connectivity index (χ3n) is 5.08. The molecule has 0 saturated carbocycles. The number of halogens is 2. The van der Waals surface area contributed by atoms with Gasteiger partial charge in [0.25, 0.3) is 0 Å². The van der Waals surface area contributed by atoms with Crippen LogP contribution in [0.3, 0.4) is 0 Å². The molecule has 0 aliphatic heterocycles. The molecule has 168 valence electrons. The number of nitrogens with one attached hydrogen (secondary N) is 1. The number of carbonyl (C=O) groups excluding carboxylic acids is 1. The monoisotopic (exact) mass is 534 g/mol. The van der Waals surface area contributed by atoms with Crippen molar-refractivity contribution in [2.45, 2.75) is 31.7 Å². The molecule has 0 radical (unpaired) electrons. The molecule has 0 aliphatic carbocycles. The van der Waals surface area contributed by atoms with Crippen LogP contribution >= 0.6 is 27.5 Å². The predicted molar refractivity (Wildman–Crippen MR) is 132 cm³/mol. The van der Waals surface area contributed by atoms with Gasteiger partial charge < -0.3 is 5.32 Å². The highest BCUT2D eigenvalue weighted by Gasteiger charge is 2.28. The van der Waals surface area contributed by atoms with Gasteiger partial charge in [0.15, 0.2) is 0 Å². The van der Waals surface area contributed by atoms with Gasteiger partial charge in [0.05, 0.1) is 11.4 Å². The second kappa shape index (κ2) is 10.6. The number of nitrogens with zero attached hydrogens (tertiary/aromatic N) is 1. The first-order valence-electron chi connectivity index (χ1n) is 10.1. The van der Waals surface area contributed by atoms with Crippen molar-refractivity contribution in [3.05, 3.63) is 92.9 Å². The number of carbonyl (C=O) groups is 1. The molecular weight excluding hydrogens is 512 g/mol. The summed E-state index contributed by atoms with van der Waals surface area (Å²) in [5.41, 5.74) is 3.25. The first kappa shape index (κ1) is 24.5. The van der Waals surface area contributed by atoms with E-state index in [1.165, 1.54) is 12.1 Å². The normalized spacial score (nSPS) is 11.5. The Kier molecular flexibility index (Phi) is 8.11. The lowest BCUT2D eigenvalue weighted by Crippen LogP contribution is -2.37. The highest BCUT2D eigenvalue weighted by Crippen LogP contribution is 2.25. The fourth-order valence-electron chi connectivity index (χ4n) is 3.34. The molecule has 8 heteroatoms. The number of hydrogen-bond acceptors (Lipinski definition) is 3. The molecule has 5 nitrogen and oxygen atoms in total. The van der Waals surface area contributed by atoms with Crippen LogP contribution in [0.15, 0.2) is 76.1 Å². The number of hydrogen-bond donors (Lipinski definition) is 1. The summed E-state index contributed by atoms with van der Waals surface area (Å²) < 4.78 is 28.8. The van der Waals surface area contributed by atoms with Crippen LogP contribution in [0.5, 0.6) is 0 Å². The Labute approximate surface area is 202 Å². The van der Waals surface area contributed by atoms with E-state index in [0.29, 0.717) is 10.6 Å². The molecule has 0 bridgehead atoms. The highest BCUT2D eigenvalue weighted by atomic mass is 79.9. The lowest BCUT2D eigenvalue weighted by molar-refractivity contribution is -0.116. The molecule has 3 aromatic rings. The Morgan fingerprint density at radius 2 is 1.66 bits per heavy atom. The van der Waals surface area contributed by atoms with E-state index in [1.54, 1.807) is 36.4 Å². The summed E-state index contributed by atoms with van der Waals surface area (Å²) in [6, 6.07) is 19.1. The second-order valence-electron chi connectivity index (χ2n) is 7.33. The van der Waals surface area contributed by atoms with Crippen molar-refractivity contribution in [1.29, 1.82) is 0 Å². The number of benzene rings is 3. The Balaban J connectivity index is 1.93. The Morgan fingerprint density at radius 3 is 2.31 bits per heavy atom. The summed E-state index contributed by atoms with van der Waals surface area (Å²) in [6.45, 7) is 3.54. The molecule has 0 spiro atoms. The SMILES string of the molecule is CCc1cccc(C)c1NC(=O)CN(Cc1ccccc1Cl)S(=O)(=O)c1ccc(Br)cc1. The van der Waals surface area contributed by atoms with Crippen LogP contribution < -0.4 is 5.32 Å². The van der Waals surface area contributed by atoms with Crippen molar-refractivity contribution in [2.75, 3.05) is 11.9 Å². The van der Waals surface area contributed by atoms with E-state index >= 15 is 0 Å². The van der Waals surface area contributed by atoms with Gasteiger partial charge in [0, 0.05) is 21.7 Å². The molecule has 32 heavy (non-hydrogen) atoms. The predicted octanol–water partition coefficient (Wildman–Crippen LogP) is 5.80. The minimum absolute atomic E-state index is 0.0279. The molecule has 1 amide bonds. The van der Waals surface area contributed by atoms with Crippen molar-refractivity contribution in [3.63, 3.8) is 0 Å². The maximum Gasteiger partial charge on any atom is 0.243 e. The van der Waals surface area contributed by atoms with Crippen LogP contribution in [0.2, 0.25) is 5.02 Å². The van der Waals surface area contributed by atoms with Gasteiger partial charge in [-0.05, 0) is 60.4 Å². The first-order valence-corrected chi connectivity index (χ1v) is 12.7. The average Bonchev–Trinajstić information content (AvgIpc) is 2.76. The van der Waals surface area contributed by atoms with E-state index < -0.39 is 15.9 Å². The number of rotatable bonds is 8. The van der Waals surface area contributed by atoms with Crippen LogP contribution in [0.25, 0.3) is 0 Å². The van der Waals surface area contributed by atoms with Crippen molar-refractivity contribution in [3.8, 4) is 0 Å². The summed E-state index contributed by atoms with van der Waals surface area (Å²) in [5.74, 6) is -0.415. The summed E-state index contributed by atoms with van der Waals surface area (Å²) >= 11 is 9.60. The molecule has 0 aromatic heterocycles. The van der Waals surface area contributed by atoms with Crippen molar-refractivity contribution < 1.29 is 13.2 Å². The Bertz CT molecular complexity index is 1210. The minimum Gasteiger partial charge on any atom is -0.324 e. The molecule has 1 N–H and O–H groups in total. The maximum atomic E-state index is 13.4. The number of anilines is 1. The summed E-state index contributed by atoms with van der Waals surface area (Å²) in [7, 11) is -3.95. The fourth-order valence-corrected chi connectivity index (χ4v) is 5.17. The van der Waals surface area contributed by atoms with E-state index in [-0.39, 0.29) is 18.0 Å². The van der Waals surface area contributed by atoms with E-state index in [0.717, 1.165) is 32.0 Å². The third-order valence-corrected chi connectivity index (χ3v) is 7.78. The van der Waals surface area contributed by atoms with Crippen LogP contribution in [-0.4, -0.2) is 25.2 Å². The van der Waals surface area contributed by atoms with E-state index in [4.69, 9.17) is 11.6 Å². The van der Waals surface area contributed by atoms with Crippen molar-refractivity contribution in [1.82, 2.24) is 4.31 Å². The van der Waals surface area contributed by atoms with Crippen LogP contribution in [-0.2, 0) is 27.8 Å². The van der Waals surface area contributed by atoms with Gasteiger partial charge in [-0.2, -0.15) is 4.31 Å². The topological polar surface area (TPSA) is 66.5 Å². The molecule has 3 rings (SSSR count). The standard InChI is InChI=1S/C24H24BrClN2O3S/c1-3-18-9-6-7-17(2)24(18)27-23(29)16-28(15-19-8-4-5-10-22(19)26)32(30,31)21-13-11-20(25)12-14-21/h4-14H,3,15-16H2,1-2H3,(H,27,29). The van der Waals surface area contributed by atoms with Crippen LogP contribution in [0.1, 0.15) is 23.6 Å². The van der Waals surface area contributed by atoms with E-state index in [2.05, 4.69) is 21.2 Å². The molecule has 3 aromatic carbocycles. The molecule has 0 fully saturated rings. The van der Waals surface area contributed by atoms with Crippen molar-refractivity contribution >= 4 is 49.1 Å². The van der Waals surface area contributed by atoms with Gasteiger partial charge in [0.2, 0.25) is 15.9 Å². The number of aryl methyl sites for hydroxylation is 2.